The van der Waals surface area contributed by atoms with E-state index >= 15 is 4.79 Å². The molecule has 12 atom stereocenters. The molecule has 1 aromatic heterocycles. The maximum Gasteiger partial charge on any atom is 0.243 e. The first kappa shape index (κ1) is 87.2. The molecular weight excluding hydrogens is 1330 g/mol. The van der Waals surface area contributed by atoms with E-state index in [-0.39, 0.29) is 115 Å². The van der Waals surface area contributed by atoms with E-state index in [4.69, 9.17) is 57.3 Å². The second-order valence-corrected chi connectivity index (χ2v) is 25.9. The van der Waals surface area contributed by atoms with Gasteiger partial charge in [0.1, 0.15) is 60.4 Å². The fraction of sp³-hybridized carbons (Fsp3) is 0.588. The van der Waals surface area contributed by atoms with Crippen molar-refractivity contribution in [2.75, 3.05) is 32.7 Å². The lowest BCUT2D eigenvalue weighted by Crippen LogP contribution is -2.61. The number of hydrogen-bond acceptors (Lipinski definition) is 18. The molecule has 0 spiro atoms. The summed E-state index contributed by atoms with van der Waals surface area (Å²) in [7, 11) is 0. The molecule has 0 fully saturated rings. The highest BCUT2D eigenvalue weighted by Gasteiger charge is 2.38. The van der Waals surface area contributed by atoms with Gasteiger partial charge in [0.2, 0.25) is 70.9 Å². The Bertz CT molecular complexity index is 3310. The lowest BCUT2D eigenvalue weighted by atomic mass is 9.96. The van der Waals surface area contributed by atoms with Crippen molar-refractivity contribution >= 4 is 93.7 Å². The number of guanidine groups is 2. The number of unbranched alkanes of at least 4 members (excludes halogenated alkanes) is 3. The first-order valence-electron chi connectivity index (χ1n) is 35.1. The lowest BCUT2D eigenvalue weighted by Gasteiger charge is -2.29. The molecule has 0 aliphatic heterocycles. The minimum atomic E-state index is -1.78. The number of carbonyl (C=O) groups is 12. The molecule has 2 aromatic carbocycles. The molecule has 0 saturated heterocycles. The summed E-state index contributed by atoms with van der Waals surface area (Å²) in [5.74, 6) is -11.7. The summed E-state index contributed by atoms with van der Waals surface area (Å²) in [6.07, 6.45) is 3.55. The zero-order valence-corrected chi connectivity index (χ0v) is 59.9. The van der Waals surface area contributed by atoms with Gasteiger partial charge in [0.05, 0.1) is 12.5 Å². The van der Waals surface area contributed by atoms with Crippen molar-refractivity contribution in [2.45, 2.75) is 210 Å². The molecule has 12 unspecified atom stereocenters. The van der Waals surface area contributed by atoms with Crippen LogP contribution < -0.4 is 111 Å². The van der Waals surface area contributed by atoms with Gasteiger partial charge < -0.3 is 115 Å². The summed E-state index contributed by atoms with van der Waals surface area (Å²) >= 11 is 0. The normalized spacial score (nSPS) is 14.7. The van der Waals surface area contributed by atoms with Crippen molar-refractivity contribution in [2.24, 2.45) is 79.2 Å². The van der Waals surface area contributed by atoms with Crippen molar-refractivity contribution < 1.29 is 57.5 Å². The molecule has 35 nitrogen and oxygen atoms in total. The molecular formula is C68H113N23O12. The number of primary amides is 2. The Hall–Kier alpha value is -10.00. The highest BCUT2D eigenvalue weighted by atomic mass is 16.2. The molecule has 12 amide bonds. The summed E-state index contributed by atoms with van der Waals surface area (Å²) in [6.45, 7) is 9.03. The number of amides is 12. The Morgan fingerprint density at radius 1 is 0.427 bits per heavy atom. The largest absolute Gasteiger partial charge is 0.370 e. The highest BCUT2D eigenvalue weighted by Crippen LogP contribution is 2.21. The second-order valence-electron chi connectivity index (χ2n) is 25.9. The summed E-state index contributed by atoms with van der Waals surface area (Å²) in [4.78, 5) is 180. The molecule has 0 bridgehead atoms. The van der Waals surface area contributed by atoms with E-state index in [1.54, 1.807) is 88.5 Å². The smallest absolute Gasteiger partial charge is 0.243 e. The molecule has 35 heteroatoms. The van der Waals surface area contributed by atoms with Gasteiger partial charge in [0, 0.05) is 43.0 Å². The maximum absolute atomic E-state index is 15.1. The van der Waals surface area contributed by atoms with Crippen LogP contribution >= 0.6 is 0 Å². The third-order valence-electron chi connectivity index (χ3n) is 17.1. The highest BCUT2D eigenvalue weighted by molar-refractivity contribution is 6.00. The molecule has 0 aliphatic rings. The fourth-order valence-corrected chi connectivity index (χ4v) is 11.0. The van der Waals surface area contributed by atoms with Gasteiger partial charge in [-0.05, 0) is 133 Å². The number of hydrogen-bond donors (Lipinski definition) is 21. The molecule has 0 aliphatic carbocycles. The predicted molar refractivity (Wildman–Crippen MR) is 391 cm³/mol. The molecule has 0 radical (unpaired) electrons. The Morgan fingerprint density at radius 3 is 1.30 bits per heavy atom. The van der Waals surface area contributed by atoms with Gasteiger partial charge >= 0.3 is 0 Å². The average Bonchev–Trinajstić information content (AvgIpc) is 1.75. The molecule has 31 N–H and O–H groups in total. The van der Waals surface area contributed by atoms with Crippen LogP contribution in [-0.4, -0.2) is 187 Å². The maximum atomic E-state index is 15.1. The van der Waals surface area contributed by atoms with Crippen molar-refractivity contribution in [3.05, 3.63) is 71.9 Å². The Kier molecular flexibility index (Phi) is 39.4. The number of aromatic nitrogens is 1. The third-order valence-corrected chi connectivity index (χ3v) is 17.1. The topological polar surface area (TPSA) is 626 Å². The van der Waals surface area contributed by atoms with Crippen LogP contribution in [0, 0.1) is 11.8 Å². The molecule has 3 aromatic rings. The zero-order chi connectivity index (χ0) is 76.7. The number of benzene rings is 2. The van der Waals surface area contributed by atoms with Crippen molar-refractivity contribution in [3.63, 3.8) is 0 Å². The minimum absolute atomic E-state index is 0.00204. The van der Waals surface area contributed by atoms with Crippen LogP contribution in [0.15, 0.2) is 70.8 Å². The van der Waals surface area contributed by atoms with E-state index in [1.807, 2.05) is 0 Å². The van der Waals surface area contributed by atoms with Gasteiger partial charge in [-0.3, -0.25) is 67.5 Å². The number of nitrogens with one attached hydrogen (secondary N) is 11. The first-order valence-corrected chi connectivity index (χ1v) is 35.1. The van der Waals surface area contributed by atoms with E-state index < -0.39 is 150 Å². The Balaban J connectivity index is 2.07. The van der Waals surface area contributed by atoms with Crippen molar-refractivity contribution in [1.29, 1.82) is 0 Å². The van der Waals surface area contributed by atoms with Crippen LogP contribution in [0.2, 0.25) is 0 Å². The van der Waals surface area contributed by atoms with E-state index in [1.165, 1.54) is 6.92 Å². The van der Waals surface area contributed by atoms with E-state index in [9.17, 15) is 52.7 Å². The van der Waals surface area contributed by atoms with Gasteiger partial charge in [0.25, 0.3) is 0 Å². The number of aliphatic imine (C=N–C) groups is 2. The fourth-order valence-electron chi connectivity index (χ4n) is 11.0. The summed E-state index contributed by atoms with van der Waals surface area (Å²) < 4.78 is 0. The van der Waals surface area contributed by atoms with Gasteiger partial charge in [-0.1, -0.05) is 89.1 Å². The first-order chi connectivity index (χ1) is 48.9. The standard InChI is InChI=1S/C68H113N23O12/c1-6-39(4)55(66(103)82-40(5)57(94)90-54(38(2)3)56(74)93)91-65(102)50(34-41-20-8-7-9-21-41)87-64(101)52(36-53(73)92)89-61(98)47(26-14-17-31-71)84-59(96)46(25-13-16-30-70)86-63(100)51(35-42-37-81-45-24-11-10-22-43(42)45)88-62(99)49(28-19-33-80-68(77)78)85-60(97)48(27-18-32-79-67(75)76)83-58(95)44(72)23-12-15-29-69/h7-11,20-22,24,37-40,44,46-52,54-55,81H,6,12-19,23,25-36,69-72H2,1-5H3,(H2,73,92)(H2,74,93)(H,82,103)(H,83,95)(H,84,96)(H,85,97)(H,86,100)(H,87,101)(H,88,99)(H,89,98)(H,90,94)(H,91,102)(H4,75,76,79)(H4,77,78,80). The van der Waals surface area contributed by atoms with Gasteiger partial charge in [-0.15, -0.1) is 0 Å². The van der Waals surface area contributed by atoms with Gasteiger partial charge in [-0.2, -0.15) is 0 Å². The predicted octanol–water partition coefficient (Wildman–Crippen LogP) is -4.29. The van der Waals surface area contributed by atoms with Crippen molar-refractivity contribution in [1.82, 2.24) is 58.2 Å². The average molecular weight is 1440 g/mol. The molecule has 1 heterocycles. The summed E-state index contributed by atoms with van der Waals surface area (Å²) in [5, 5.41) is 27.4. The zero-order valence-electron chi connectivity index (χ0n) is 59.9. The minimum Gasteiger partial charge on any atom is -0.370 e. The van der Waals surface area contributed by atoms with Crippen LogP contribution in [0.5, 0.6) is 0 Å². The number of rotatable bonds is 50. The van der Waals surface area contributed by atoms with E-state index in [0.717, 1.165) is 0 Å². The summed E-state index contributed by atoms with van der Waals surface area (Å²) in [6, 6.07) is 0.743. The second kappa shape index (κ2) is 46.5. The Labute approximate surface area is 601 Å². The third kappa shape index (κ3) is 31.8. The van der Waals surface area contributed by atoms with Crippen LogP contribution in [-0.2, 0) is 70.4 Å². The number of fused-ring (bicyclic) bond motifs is 1. The number of nitrogens with two attached hydrogens (primary N) is 10. The molecule has 3 rings (SSSR count). The Morgan fingerprint density at radius 2 is 0.835 bits per heavy atom. The molecule has 103 heavy (non-hydrogen) atoms. The van der Waals surface area contributed by atoms with Crippen LogP contribution in [0.4, 0.5) is 0 Å². The number of nitrogens with zero attached hydrogens (tertiary/aromatic N) is 2. The van der Waals surface area contributed by atoms with Crippen LogP contribution in [0.1, 0.15) is 142 Å². The monoisotopic (exact) mass is 1440 g/mol. The number of aromatic amines is 1. The lowest BCUT2D eigenvalue weighted by molar-refractivity contribution is -0.137. The molecule has 0 saturated carbocycles. The number of para-hydroxylation sites is 1. The number of carbonyl (C=O) groups excluding carboxylic acids is 12. The van der Waals surface area contributed by atoms with Gasteiger partial charge in [-0.25, -0.2) is 0 Å². The van der Waals surface area contributed by atoms with Crippen LogP contribution in [0.3, 0.4) is 0 Å². The van der Waals surface area contributed by atoms with E-state index in [0.29, 0.717) is 60.7 Å². The van der Waals surface area contributed by atoms with Gasteiger partial charge in [0.15, 0.2) is 11.9 Å². The quantitative estimate of drug-likeness (QED) is 0.0144. The van der Waals surface area contributed by atoms with Crippen LogP contribution in [0.25, 0.3) is 10.9 Å². The van der Waals surface area contributed by atoms with Crippen molar-refractivity contribution in [3.8, 4) is 0 Å². The number of H-pyrrole nitrogens is 1. The van der Waals surface area contributed by atoms with E-state index in [2.05, 4.69) is 68.1 Å². The summed E-state index contributed by atoms with van der Waals surface area (Å²) in [5.41, 5.74) is 59.0. The SMILES string of the molecule is CCC(C)C(NC(=O)C(Cc1ccccc1)NC(=O)C(CC(N)=O)NC(=O)C(CCCCN)NC(=O)C(CCCCN)NC(=O)C(Cc1c[nH]c2ccccc12)NC(=O)C(CCCN=C(N)N)NC(=O)C(CCCN=C(N)N)NC(=O)C(N)CCCCN)C(=O)NC(C)C(=O)NC(C(N)=O)C(C)C. The molecule has 572 valence electrons.